The first-order valence-corrected chi connectivity index (χ1v) is 9.75. The normalized spacial score (nSPS) is 14.5. The zero-order valence-electron chi connectivity index (χ0n) is 17.7. The summed E-state index contributed by atoms with van der Waals surface area (Å²) in [5.74, 6) is -0.588. The number of pyridine rings is 1. The van der Waals surface area contributed by atoms with E-state index >= 15 is 0 Å². The van der Waals surface area contributed by atoms with Crippen LogP contribution >= 0.6 is 0 Å². The van der Waals surface area contributed by atoms with Crippen molar-refractivity contribution in [1.29, 1.82) is 0 Å². The molecule has 0 aliphatic heterocycles. The maximum Gasteiger partial charge on any atom is 0.261 e. The van der Waals surface area contributed by atoms with Crippen molar-refractivity contribution in [2.24, 2.45) is 11.1 Å². The number of hydrogen-bond acceptors (Lipinski definition) is 6. The Morgan fingerprint density at radius 2 is 1.90 bits per heavy atom. The Morgan fingerprint density at radius 3 is 2.58 bits per heavy atom. The molecule has 0 unspecified atom stereocenters. The van der Waals surface area contributed by atoms with E-state index in [1.54, 1.807) is 18.2 Å². The molecule has 2 aromatic rings. The molecule has 1 aromatic carbocycles. The minimum atomic E-state index is -0.615. The van der Waals surface area contributed by atoms with Gasteiger partial charge in [0.1, 0.15) is 5.56 Å². The molecule has 0 fully saturated rings. The number of primary amides is 1. The van der Waals surface area contributed by atoms with Gasteiger partial charge in [-0.15, -0.1) is 0 Å². The first-order chi connectivity index (χ1) is 14.6. The minimum absolute atomic E-state index is 0.0900. The summed E-state index contributed by atoms with van der Waals surface area (Å²) in [5.41, 5.74) is 5.84. The highest BCUT2D eigenvalue weighted by molar-refractivity contribution is 6.02. The van der Waals surface area contributed by atoms with Gasteiger partial charge in [-0.3, -0.25) is 19.2 Å². The number of nitrogens with one attached hydrogen (secondary N) is 2. The van der Waals surface area contributed by atoms with Crippen molar-refractivity contribution in [3.8, 4) is 11.5 Å². The van der Waals surface area contributed by atoms with Crippen molar-refractivity contribution in [3.05, 3.63) is 57.0 Å². The maximum absolute atomic E-state index is 12.6. The standard InChI is InChI=1S/C22H25N3O6/c1-22(2)8-15-13(16(26)9-22)7-14(21(29)25-15)20(28)24-10-12-4-5-17(18(6-12)30-3)31-11-19(23)27/h4-7H,8-11H2,1-3H3,(H2,23,27)(H,24,28)(H,25,29). The molecule has 0 radical (unpaired) electrons. The zero-order valence-corrected chi connectivity index (χ0v) is 17.7. The van der Waals surface area contributed by atoms with Crippen molar-refractivity contribution in [3.63, 3.8) is 0 Å². The molecule has 31 heavy (non-hydrogen) atoms. The molecule has 0 atom stereocenters. The summed E-state index contributed by atoms with van der Waals surface area (Å²) in [6.07, 6.45) is 0.923. The SMILES string of the molecule is COc1cc(CNC(=O)c2cc3c([nH]c2=O)CC(C)(C)CC3=O)ccc1OCC(N)=O. The summed E-state index contributed by atoms with van der Waals surface area (Å²) in [6.45, 7) is 3.75. The quantitative estimate of drug-likeness (QED) is 0.609. The third-order valence-corrected chi connectivity index (χ3v) is 5.01. The number of fused-ring (bicyclic) bond motifs is 1. The fourth-order valence-corrected chi connectivity index (χ4v) is 3.56. The highest BCUT2D eigenvalue weighted by Crippen LogP contribution is 2.33. The number of hydrogen-bond donors (Lipinski definition) is 3. The lowest BCUT2D eigenvalue weighted by atomic mass is 9.75. The number of ketones is 1. The van der Waals surface area contributed by atoms with Gasteiger partial charge in [0.25, 0.3) is 17.4 Å². The Bertz CT molecular complexity index is 1100. The Labute approximate surface area is 178 Å². The van der Waals surface area contributed by atoms with E-state index in [-0.39, 0.29) is 29.9 Å². The average Bonchev–Trinajstić information content (AvgIpc) is 2.69. The van der Waals surface area contributed by atoms with Gasteiger partial charge in [-0.2, -0.15) is 0 Å². The van der Waals surface area contributed by atoms with Gasteiger partial charge in [-0.05, 0) is 35.6 Å². The number of carbonyl (C=O) groups is 3. The summed E-state index contributed by atoms with van der Waals surface area (Å²) in [7, 11) is 1.44. The second kappa shape index (κ2) is 8.63. The highest BCUT2D eigenvalue weighted by Gasteiger charge is 2.32. The van der Waals surface area contributed by atoms with Crippen LogP contribution in [0.5, 0.6) is 11.5 Å². The maximum atomic E-state index is 12.6. The second-order valence-electron chi connectivity index (χ2n) is 8.27. The highest BCUT2D eigenvalue weighted by atomic mass is 16.5. The molecule has 0 spiro atoms. The van der Waals surface area contributed by atoms with E-state index in [1.165, 1.54) is 13.2 Å². The van der Waals surface area contributed by atoms with Crippen molar-refractivity contribution in [1.82, 2.24) is 10.3 Å². The van der Waals surface area contributed by atoms with Crippen LogP contribution in [-0.4, -0.2) is 36.3 Å². The molecule has 9 nitrogen and oxygen atoms in total. The van der Waals surface area contributed by atoms with Crippen LogP contribution in [0.1, 0.15) is 52.2 Å². The Morgan fingerprint density at radius 1 is 1.16 bits per heavy atom. The van der Waals surface area contributed by atoms with E-state index in [2.05, 4.69) is 10.3 Å². The molecule has 9 heteroatoms. The van der Waals surface area contributed by atoms with Crippen LogP contribution < -0.4 is 26.1 Å². The predicted molar refractivity (Wildman–Crippen MR) is 112 cm³/mol. The van der Waals surface area contributed by atoms with Crippen LogP contribution in [0.25, 0.3) is 0 Å². The number of carbonyl (C=O) groups excluding carboxylic acids is 3. The van der Waals surface area contributed by atoms with Gasteiger partial charge in [-0.1, -0.05) is 19.9 Å². The molecule has 1 aliphatic rings. The number of Topliss-reactive ketones (excluding diaryl/α,β-unsaturated/α-hetero) is 1. The Balaban J connectivity index is 1.74. The number of rotatable bonds is 7. The molecule has 1 heterocycles. The average molecular weight is 427 g/mol. The molecule has 0 saturated carbocycles. The summed E-state index contributed by atoms with van der Waals surface area (Å²) in [5, 5.41) is 2.67. The van der Waals surface area contributed by atoms with Gasteiger partial charge >= 0.3 is 0 Å². The molecule has 1 aliphatic carbocycles. The van der Waals surface area contributed by atoms with Crippen LogP contribution in [0, 0.1) is 5.41 Å². The molecule has 0 saturated heterocycles. The van der Waals surface area contributed by atoms with Gasteiger partial charge in [0.05, 0.1) is 7.11 Å². The number of benzene rings is 1. The topological polar surface area (TPSA) is 141 Å². The van der Waals surface area contributed by atoms with E-state index in [4.69, 9.17) is 15.2 Å². The van der Waals surface area contributed by atoms with Gasteiger partial charge in [0, 0.05) is 24.2 Å². The van der Waals surface area contributed by atoms with E-state index in [0.29, 0.717) is 41.2 Å². The van der Waals surface area contributed by atoms with Crippen molar-refractivity contribution >= 4 is 17.6 Å². The zero-order chi connectivity index (χ0) is 22.8. The lowest BCUT2D eigenvalue weighted by Crippen LogP contribution is -2.34. The number of ether oxygens (including phenoxy) is 2. The Hall–Kier alpha value is -3.62. The van der Waals surface area contributed by atoms with Crippen LogP contribution in [0.15, 0.2) is 29.1 Å². The summed E-state index contributed by atoms with van der Waals surface area (Å²) in [4.78, 5) is 51.1. The molecular formula is C22H25N3O6. The molecule has 164 valence electrons. The second-order valence-corrected chi connectivity index (χ2v) is 8.27. The molecule has 2 amide bonds. The summed E-state index contributed by atoms with van der Waals surface area (Å²) in [6, 6.07) is 6.29. The van der Waals surface area contributed by atoms with Gasteiger partial charge in [-0.25, -0.2) is 0 Å². The number of methoxy groups -OCH3 is 1. The number of aromatic amines is 1. The van der Waals surface area contributed by atoms with Crippen LogP contribution in [-0.2, 0) is 17.8 Å². The molecular weight excluding hydrogens is 402 g/mol. The van der Waals surface area contributed by atoms with E-state index in [1.807, 2.05) is 13.8 Å². The fraction of sp³-hybridized carbons (Fsp3) is 0.364. The molecule has 1 aromatic heterocycles. The van der Waals surface area contributed by atoms with E-state index in [0.717, 1.165) is 0 Å². The van der Waals surface area contributed by atoms with Crippen LogP contribution in [0.2, 0.25) is 0 Å². The van der Waals surface area contributed by atoms with E-state index < -0.39 is 17.4 Å². The molecule has 3 rings (SSSR count). The molecule has 0 bridgehead atoms. The number of amides is 2. The lowest BCUT2D eigenvalue weighted by Gasteiger charge is -2.29. The fourth-order valence-electron chi connectivity index (χ4n) is 3.56. The Kier molecular flexibility index (Phi) is 6.14. The monoisotopic (exact) mass is 427 g/mol. The third kappa shape index (κ3) is 5.11. The van der Waals surface area contributed by atoms with Crippen LogP contribution in [0.4, 0.5) is 0 Å². The molecule has 4 N–H and O–H groups in total. The van der Waals surface area contributed by atoms with Crippen molar-refractivity contribution < 1.29 is 23.9 Å². The summed E-state index contributed by atoms with van der Waals surface area (Å²) >= 11 is 0. The van der Waals surface area contributed by atoms with Crippen molar-refractivity contribution in [2.75, 3.05) is 13.7 Å². The summed E-state index contributed by atoms with van der Waals surface area (Å²) < 4.78 is 10.5. The first kappa shape index (κ1) is 22.1. The van der Waals surface area contributed by atoms with Gasteiger partial charge in [0.15, 0.2) is 23.9 Å². The van der Waals surface area contributed by atoms with Crippen molar-refractivity contribution in [2.45, 2.75) is 33.2 Å². The minimum Gasteiger partial charge on any atom is -0.493 e. The van der Waals surface area contributed by atoms with Gasteiger partial charge < -0.3 is 25.5 Å². The van der Waals surface area contributed by atoms with Crippen LogP contribution in [0.3, 0.4) is 0 Å². The number of aromatic nitrogens is 1. The number of nitrogens with two attached hydrogens (primary N) is 1. The smallest absolute Gasteiger partial charge is 0.261 e. The lowest BCUT2D eigenvalue weighted by molar-refractivity contribution is -0.119. The van der Waals surface area contributed by atoms with Gasteiger partial charge in [0.2, 0.25) is 0 Å². The third-order valence-electron chi connectivity index (χ3n) is 5.01. The largest absolute Gasteiger partial charge is 0.493 e. The number of H-pyrrole nitrogens is 1. The van der Waals surface area contributed by atoms with E-state index in [9.17, 15) is 19.2 Å². The predicted octanol–water partition coefficient (Wildman–Crippen LogP) is 1.33. The first-order valence-electron chi connectivity index (χ1n) is 9.75.